The van der Waals surface area contributed by atoms with Gasteiger partial charge in [-0.1, -0.05) is 18.2 Å². The van der Waals surface area contributed by atoms with Crippen molar-refractivity contribution in [2.24, 2.45) is 5.92 Å². The molecule has 0 saturated carbocycles. The van der Waals surface area contributed by atoms with Crippen molar-refractivity contribution in [3.8, 4) is 11.5 Å². The summed E-state index contributed by atoms with van der Waals surface area (Å²) in [6.07, 6.45) is -0.669. The Hall–Kier alpha value is -4.49. The highest BCUT2D eigenvalue weighted by molar-refractivity contribution is 7.99. The fraction of sp³-hybridized carbons (Fsp3) is 0.310. The Morgan fingerprint density at radius 3 is 2.15 bits per heavy atom. The van der Waals surface area contributed by atoms with Crippen molar-refractivity contribution in [2.75, 3.05) is 18.4 Å². The molecule has 258 valence electrons. The minimum Gasteiger partial charge on any atom is -0.475 e. The van der Waals surface area contributed by atoms with Crippen LogP contribution in [0.25, 0.3) is 0 Å². The lowest BCUT2D eigenvalue weighted by atomic mass is 9.93. The number of aryl methyl sites for hydroxylation is 1. The molecule has 0 radical (unpaired) electrons. The van der Waals surface area contributed by atoms with Crippen molar-refractivity contribution in [1.29, 1.82) is 0 Å². The summed E-state index contributed by atoms with van der Waals surface area (Å²) in [5, 5.41) is 24.0. The third-order valence-electron chi connectivity index (χ3n) is 6.08. The van der Waals surface area contributed by atoms with Crippen LogP contribution in [0.4, 0.5) is 37.3 Å². The molecule has 4 N–H and O–H groups in total. The van der Waals surface area contributed by atoms with Crippen molar-refractivity contribution in [2.45, 2.75) is 42.3 Å². The number of nitrogens with zero attached hydrogens (tertiary/aromatic N) is 4. The van der Waals surface area contributed by atoms with Crippen molar-refractivity contribution < 1.29 is 50.9 Å². The van der Waals surface area contributed by atoms with Gasteiger partial charge < -0.3 is 25.6 Å². The topological polar surface area (TPSA) is 159 Å². The highest BCUT2D eigenvalue weighted by atomic mass is 32.2. The second-order valence-electron chi connectivity index (χ2n) is 9.71. The maximum absolute atomic E-state index is 10.6. The number of hydrogen-bond donors (Lipinski definition) is 4. The lowest BCUT2D eigenvalue weighted by Gasteiger charge is -2.30. The van der Waals surface area contributed by atoms with Gasteiger partial charge in [0.25, 0.3) is 0 Å². The molecular formula is C29H28F6N6O5S2. The summed E-state index contributed by atoms with van der Waals surface area (Å²) in [4.78, 5) is 37.0. The highest BCUT2D eigenvalue weighted by Gasteiger charge is 2.39. The third-order valence-corrected chi connectivity index (χ3v) is 8.33. The van der Waals surface area contributed by atoms with E-state index in [4.69, 9.17) is 29.5 Å². The molecule has 3 aromatic heterocycles. The number of ether oxygens (including phenoxy) is 1. The molecule has 0 spiro atoms. The summed E-state index contributed by atoms with van der Waals surface area (Å²) in [5.74, 6) is -2.95. The Balaban J connectivity index is 0.000000376. The Morgan fingerprint density at radius 2 is 1.62 bits per heavy atom. The summed E-state index contributed by atoms with van der Waals surface area (Å²) in [7, 11) is 0. The number of carboxylic acid groups (broad SMARTS) is 2. The van der Waals surface area contributed by atoms with Gasteiger partial charge in [0.15, 0.2) is 16.7 Å². The Bertz CT molecular complexity index is 1580. The number of carboxylic acids is 2. The molecule has 1 fully saturated rings. The van der Waals surface area contributed by atoms with Gasteiger partial charge in [0.1, 0.15) is 5.75 Å². The standard InChI is InChI=1S/C25H26N6OS2.2C2HF3O2/c1-17-16-33-25(30-17)31-24-22(32-19-5-3-2-4-6-19)13-20(14-29-24)34-23(18-7-9-26-10-8-18)21-15-27-11-12-28-21;2*3-2(4,5)1(6)7/h2-6,11-16,18,23,26H,7-10H2,1H3,(H,29,30,31);2*(H,6,7). The number of piperidine rings is 1. The number of benzene rings is 1. The van der Waals surface area contributed by atoms with Crippen LogP contribution in [-0.2, 0) is 9.59 Å². The van der Waals surface area contributed by atoms with Crippen LogP contribution in [0.15, 0.2) is 71.5 Å². The normalized spacial score (nSPS) is 14.0. The summed E-state index contributed by atoms with van der Waals surface area (Å²) < 4.78 is 69.7. The van der Waals surface area contributed by atoms with Crippen LogP contribution in [0.5, 0.6) is 11.5 Å². The molecule has 11 nitrogen and oxygen atoms in total. The van der Waals surface area contributed by atoms with Crippen molar-refractivity contribution in [3.63, 3.8) is 0 Å². The molecular weight excluding hydrogens is 690 g/mol. The fourth-order valence-corrected chi connectivity index (χ4v) is 5.92. The summed E-state index contributed by atoms with van der Waals surface area (Å²) in [5.41, 5.74) is 1.98. The zero-order valence-corrected chi connectivity index (χ0v) is 26.5. The minimum atomic E-state index is -5.08. The van der Waals surface area contributed by atoms with Crippen molar-refractivity contribution in [3.05, 3.63) is 78.0 Å². The van der Waals surface area contributed by atoms with E-state index in [1.54, 1.807) is 35.5 Å². The largest absolute Gasteiger partial charge is 0.490 e. The Kier molecular flexibility index (Phi) is 13.9. The number of carbonyl (C=O) groups is 2. The average molecular weight is 719 g/mol. The molecule has 1 atom stereocenters. The monoisotopic (exact) mass is 718 g/mol. The first-order valence-corrected chi connectivity index (χ1v) is 15.5. The molecule has 1 saturated heterocycles. The number of pyridine rings is 1. The van der Waals surface area contributed by atoms with Crippen LogP contribution in [0.1, 0.15) is 29.5 Å². The van der Waals surface area contributed by atoms with Gasteiger partial charge in [-0.15, -0.1) is 23.1 Å². The molecule has 4 heterocycles. The number of aliphatic carboxylic acids is 2. The molecule has 0 amide bonds. The van der Waals surface area contributed by atoms with E-state index in [1.807, 2.05) is 55.0 Å². The SMILES string of the molecule is Cc1csc(Nc2ncc(SC(c3cnccn3)C3CCNCC3)cc2Oc2ccccc2)n1.O=C(O)C(F)(F)F.O=C(O)C(F)(F)F. The van der Waals surface area contributed by atoms with Gasteiger partial charge in [-0.3, -0.25) is 9.97 Å². The first kappa shape index (κ1) is 38.0. The van der Waals surface area contributed by atoms with Crippen LogP contribution in [-0.4, -0.2) is 67.5 Å². The number of para-hydroxylation sites is 1. The van der Waals surface area contributed by atoms with Crippen LogP contribution >= 0.6 is 23.1 Å². The summed E-state index contributed by atoms with van der Waals surface area (Å²) >= 11 is 3.32. The summed E-state index contributed by atoms with van der Waals surface area (Å²) in [6.45, 7) is 4.03. The van der Waals surface area contributed by atoms with E-state index in [-0.39, 0.29) is 5.25 Å². The van der Waals surface area contributed by atoms with Gasteiger partial charge in [0.2, 0.25) is 0 Å². The van der Waals surface area contributed by atoms with E-state index in [0.29, 0.717) is 17.5 Å². The molecule has 1 unspecified atom stereocenters. The molecule has 19 heteroatoms. The number of anilines is 2. The minimum absolute atomic E-state index is 0.197. The van der Waals surface area contributed by atoms with Crippen LogP contribution < -0.4 is 15.4 Å². The second kappa shape index (κ2) is 17.6. The smallest absolute Gasteiger partial charge is 0.475 e. The van der Waals surface area contributed by atoms with Gasteiger partial charge in [0, 0.05) is 35.1 Å². The van der Waals surface area contributed by atoms with Crippen molar-refractivity contribution >= 4 is 46.0 Å². The van der Waals surface area contributed by atoms with Crippen LogP contribution in [0.3, 0.4) is 0 Å². The predicted molar refractivity (Wildman–Crippen MR) is 164 cm³/mol. The van der Waals surface area contributed by atoms with Gasteiger partial charge in [-0.25, -0.2) is 19.6 Å². The van der Waals surface area contributed by atoms with Gasteiger partial charge in [0.05, 0.1) is 16.6 Å². The molecule has 1 aromatic carbocycles. The van der Waals surface area contributed by atoms with Gasteiger partial charge in [-0.05, 0) is 57.0 Å². The molecule has 48 heavy (non-hydrogen) atoms. The Labute approximate surface area is 277 Å². The lowest BCUT2D eigenvalue weighted by molar-refractivity contribution is -0.193. The van der Waals surface area contributed by atoms with E-state index in [1.165, 1.54) is 0 Å². The first-order chi connectivity index (χ1) is 22.6. The highest BCUT2D eigenvalue weighted by Crippen LogP contribution is 2.45. The number of aromatic nitrogens is 4. The summed E-state index contributed by atoms with van der Waals surface area (Å²) in [6, 6.07) is 11.8. The number of nitrogens with one attached hydrogen (secondary N) is 2. The molecule has 0 bridgehead atoms. The molecule has 4 aromatic rings. The maximum atomic E-state index is 10.6. The molecule has 1 aliphatic rings. The Morgan fingerprint density at radius 1 is 1.00 bits per heavy atom. The van der Waals surface area contributed by atoms with E-state index in [0.717, 1.165) is 53.1 Å². The second-order valence-corrected chi connectivity index (χ2v) is 11.8. The quantitative estimate of drug-likeness (QED) is 0.107. The number of thiazole rings is 1. The third kappa shape index (κ3) is 12.6. The lowest BCUT2D eigenvalue weighted by Crippen LogP contribution is -2.30. The number of hydrogen-bond acceptors (Lipinski definition) is 11. The number of rotatable bonds is 8. The van der Waals surface area contributed by atoms with Gasteiger partial charge >= 0.3 is 24.3 Å². The zero-order chi connectivity index (χ0) is 35.3. The predicted octanol–water partition coefficient (Wildman–Crippen LogP) is 7.27. The molecule has 5 rings (SSSR count). The number of halogens is 6. The van der Waals surface area contributed by atoms with Gasteiger partial charge in [-0.2, -0.15) is 26.3 Å². The van der Waals surface area contributed by atoms with E-state index < -0.39 is 24.3 Å². The zero-order valence-electron chi connectivity index (χ0n) is 24.8. The van der Waals surface area contributed by atoms with E-state index in [2.05, 4.69) is 31.7 Å². The fourth-order valence-electron chi connectivity index (χ4n) is 3.94. The number of alkyl halides is 6. The van der Waals surface area contributed by atoms with Crippen LogP contribution in [0.2, 0.25) is 0 Å². The van der Waals surface area contributed by atoms with E-state index in [9.17, 15) is 26.3 Å². The number of thioether (sulfide) groups is 1. The average Bonchev–Trinajstić information content (AvgIpc) is 3.46. The molecule has 0 aliphatic carbocycles. The van der Waals surface area contributed by atoms with Crippen molar-refractivity contribution in [1.82, 2.24) is 25.3 Å². The van der Waals surface area contributed by atoms with E-state index >= 15 is 0 Å². The first-order valence-electron chi connectivity index (χ1n) is 13.8. The maximum Gasteiger partial charge on any atom is 0.490 e. The molecule has 1 aliphatic heterocycles. The van der Waals surface area contributed by atoms with Crippen LogP contribution in [0, 0.1) is 12.8 Å².